The van der Waals surface area contributed by atoms with Crippen LogP contribution in [0.15, 0.2) is 54.7 Å². The van der Waals surface area contributed by atoms with Crippen molar-refractivity contribution in [2.24, 2.45) is 0 Å². The molecule has 7 nitrogen and oxygen atoms in total. The van der Waals surface area contributed by atoms with Crippen LogP contribution in [0.3, 0.4) is 0 Å². The third-order valence-electron chi connectivity index (χ3n) is 5.01. The Balaban J connectivity index is 2.13. The number of nitro groups is 1. The van der Waals surface area contributed by atoms with Gasteiger partial charge >= 0.3 is 5.97 Å². The second-order valence-electron chi connectivity index (χ2n) is 8.51. The summed E-state index contributed by atoms with van der Waals surface area (Å²) in [7, 11) is 1.62. The van der Waals surface area contributed by atoms with Crippen molar-refractivity contribution >= 4 is 11.7 Å². The highest BCUT2D eigenvalue weighted by Gasteiger charge is 2.27. The zero-order valence-corrected chi connectivity index (χ0v) is 19.0. The van der Waals surface area contributed by atoms with Gasteiger partial charge in [0.15, 0.2) is 0 Å². The Morgan fingerprint density at radius 1 is 1.06 bits per heavy atom. The van der Waals surface area contributed by atoms with Crippen LogP contribution in [0, 0.1) is 10.1 Å². The number of hydrogen-bond acceptors (Lipinski definition) is 5. The molecule has 2 aromatic carbocycles. The van der Waals surface area contributed by atoms with Crippen LogP contribution in [-0.2, 0) is 17.7 Å². The number of aromatic nitrogens is 1. The molecule has 0 atom stereocenters. The molecule has 3 aromatic rings. The van der Waals surface area contributed by atoms with Gasteiger partial charge in [-0.3, -0.25) is 10.1 Å². The predicted octanol–water partition coefficient (Wildman–Crippen LogP) is 5.64. The van der Waals surface area contributed by atoms with Crippen molar-refractivity contribution in [1.82, 2.24) is 4.57 Å². The number of carbonyl (C=O) groups excluding carboxylic acids is 1. The molecule has 0 unspecified atom stereocenters. The van der Waals surface area contributed by atoms with E-state index in [1.165, 1.54) is 12.1 Å². The Morgan fingerprint density at radius 2 is 1.69 bits per heavy atom. The van der Waals surface area contributed by atoms with E-state index in [1.807, 2.05) is 62.7 Å². The van der Waals surface area contributed by atoms with Crippen LogP contribution in [0.25, 0.3) is 11.1 Å². The Bertz CT molecular complexity index is 1110. The standard InChI is InChI=1S/C25H28N2O5/c1-6-18-16-26(15-17-7-13-21(31-5)14-8-17)23(24(28)32-25(2,3)4)22(18)19-9-11-20(12-10-19)27(29)30/h7-14,16H,6,15H2,1-5H3. The maximum absolute atomic E-state index is 13.3. The Hall–Kier alpha value is -3.61. The maximum atomic E-state index is 13.3. The third kappa shape index (κ3) is 5.17. The molecule has 32 heavy (non-hydrogen) atoms. The van der Waals surface area contributed by atoms with E-state index in [0.29, 0.717) is 18.7 Å². The largest absolute Gasteiger partial charge is 0.497 e. The zero-order chi connectivity index (χ0) is 23.5. The second-order valence-corrected chi connectivity index (χ2v) is 8.51. The molecule has 0 aliphatic heterocycles. The lowest BCUT2D eigenvalue weighted by atomic mass is 9.99. The van der Waals surface area contributed by atoms with Crippen LogP contribution in [0.5, 0.6) is 5.75 Å². The van der Waals surface area contributed by atoms with E-state index in [4.69, 9.17) is 9.47 Å². The lowest BCUT2D eigenvalue weighted by Crippen LogP contribution is -2.26. The second kappa shape index (κ2) is 9.26. The van der Waals surface area contributed by atoms with Crippen molar-refractivity contribution < 1.29 is 19.2 Å². The molecule has 1 heterocycles. The summed E-state index contributed by atoms with van der Waals surface area (Å²) in [6, 6.07) is 13.9. The number of nitro benzene ring substituents is 1. The predicted molar refractivity (Wildman–Crippen MR) is 123 cm³/mol. The summed E-state index contributed by atoms with van der Waals surface area (Å²) >= 11 is 0. The van der Waals surface area contributed by atoms with E-state index in [0.717, 1.165) is 28.0 Å². The minimum Gasteiger partial charge on any atom is -0.497 e. The number of benzene rings is 2. The summed E-state index contributed by atoms with van der Waals surface area (Å²) in [5, 5.41) is 11.1. The molecular formula is C25H28N2O5. The molecule has 0 amide bonds. The SMILES string of the molecule is CCc1cn(Cc2ccc(OC)cc2)c(C(=O)OC(C)(C)C)c1-c1ccc([N+](=O)[O-])cc1. The van der Waals surface area contributed by atoms with Crippen molar-refractivity contribution in [3.63, 3.8) is 0 Å². The lowest BCUT2D eigenvalue weighted by molar-refractivity contribution is -0.384. The molecule has 0 aliphatic rings. The molecule has 168 valence electrons. The zero-order valence-electron chi connectivity index (χ0n) is 19.0. The molecule has 0 aliphatic carbocycles. The van der Waals surface area contributed by atoms with Gasteiger partial charge in [0, 0.05) is 30.4 Å². The molecule has 0 N–H and O–H groups in total. The van der Waals surface area contributed by atoms with Crippen molar-refractivity contribution in [2.75, 3.05) is 7.11 Å². The van der Waals surface area contributed by atoms with Crippen LogP contribution in [-0.4, -0.2) is 28.2 Å². The fourth-order valence-electron chi connectivity index (χ4n) is 3.55. The highest BCUT2D eigenvalue weighted by molar-refractivity contribution is 5.97. The van der Waals surface area contributed by atoms with Gasteiger partial charge in [0.1, 0.15) is 17.0 Å². The first-order valence-corrected chi connectivity index (χ1v) is 10.5. The first-order chi connectivity index (χ1) is 15.1. The smallest absolute Gasteiger partial charge is 0.356 e. The van der Waals surface area contributed by atoms with Gasteiger partial charge in [-0.05, 0) is 68.1 Å². The number of rotatable bonds is 7. The average Bonchev–Trinajstić information content (AvgIpc) is 3.11. The Morgan fingerprint density at radius 3 is 2.19 bits per heavy atom. The van der Waals surface area contributed by atoms with Gasteiger partial charge in [0.2, 0.25) is 0 Å². The van der Waals surface area contributed by atoms with E-state index < -0.39 is 16.5 Å². The van der Waals surface area contributed by atoms with Gasteiger partial charge in [-0.15, -0.1) is 0 Å². The van der Waals surface area contributed by atoms with Crippen LogP contribution in [0.1, 0.15) is 49.3 Å². The third-order valence-corrected chi connectivity index (χ3v) is 5.01. The Kier molecular flexibility index (Phi) is 6.67. The van der Waals surface area contributed by atoms with Gasteiger partial charge in [-0.25, -0.2) is 4.79 Å². The molecule has 7 heteroatoms. The number of esters is 1. The van der Waals surface area contributed by atoms with Gasteiger partial charge in [0.05, 0.1) is 12.0 Å². The molecule has 0 saturated heterocycles. The van der Waals surface area contributed by atoms with Crippen LogP contribution >= 0.6 is 0 Å². The quantitative estimate of drug-likeness (QED) is 0.272. The molecular weight excluding hydrogens is 408 g/mol. The summed E-state index contributed by atoms with van der Waals surface area (Å²) in [5.74, 6) is 0.327. The van der Waals surface area contributed by atoms with Gasteiger partial charge in [0.25, 0.3) is 5.69 Å². The fourth-order valence-corrected chi connectivity index (χ4v) is 3.55. The lowest BCUT2D eigenvalue weighted by Gasteiger charge is -2.21. The number of ether oxygens (including phenoxy) is 2. The van der Waals surface area contributed by atoms with Gasteiger partial charge < -0.3 is 14.0 Å². The number of hydrogen-bond donors (Lipinski definition) is 0. The fraction of sp³-hybridized carbons (Fsp3) is 0.320. The molecule has 3 rings (SSSR count). The maximum Gasteiger partial charge on any atom is 0.356 e. The monoisotopic (exact) mass is 436 g/mol. The van der Waals surface area contributed by atoms with Gasteiger partial charge in [-0.2, -0.15) is 0 Å². The minimum atomic E-state index is -0.661. The topological polar surface area (TPSA) is 83.6 Å². The molecule has 0 fully saturated rings. The summed E-state index contributed by atoms with van der Waals surface area (Å²) in [6.07, 6.45) is 2.65. The van der Waals surface area contributed by atoms with Crippen molar-refractivity contribution in [1.29, 1.82) is 0 Å². The molecule has 0 bridgehead atoms. The summed E-state index contributed by atoms with van der Waals surface area (Å²) in [5.41, 5.74) is 3.22. The normalized spacial score (nSPS) is 11.3. The van der Waals surface area contributed by atoms with Gasteiger partial charge in [-0.1, -0.05) is 19.1 Å². The number of nitrogens with zero attached hydrogens (tertiary/aromatic N) is 2. The molecule has 1 aromatic heterocycles. The summed E-state index contributed by atoms with van der Waals surface area (Å²) in [4.78, 5) is 23.9. The first kappa shape index (κ1) is 23.1. The van der Waals surface area contributed by atoms with Crippen LogP contribution in [0.4, 0.5) is 5.69 Å². The molecule has 0 radical (unpaired) electrons. The van der Waals surface area contributed by atoms with Crippen LogP contribution in [0.2, 0.25) is 0 Å². The first-order valence-electron chi connectivity index (χ1n) is 10.5. The van der Waals surface area contributed by atoms with E-state index in [-0.39, 0.29) is 5.69 Å². The van der Waals surface area contributed by atoms with E-state index in [9.17, 15) is 14.9 Å². The van der Waals surface area contributed by atoms with E-state index >= 15 is 0 Å². The highest BCUT2D eigenvalue weighted by Crippen LogP contribution is 2.33. The van der Waals surface area contributed by atoms with E-state index in [2.05, 4.69) is 0 Å². The van der Waals surface area contributed by atoms with Crippen molar-refractivity contribution in [2.45, 2.75) is 46.3 Å². The van der Waals surface area contributed by atoms with E-state index in [1.54, 1.807) is 19.2 Å². The average molecular weight is 437 g/mol. The Labute approximate surface area is 187 Å². The molecule has 0 spiro atoms. The number of aryl methyl sites for hydroxylation is 1. The van der Waals surface area contributed by atoms with Crippen LogP contribution < -0.4 is 4.74 Å². The van der Waals surface area contributed by atoms with Crippen molar-refractivity contribution in [3.8, 4) is 16.9 Å². The number of methoxy groups -OCH3 is 1. The highest BCUT2D eigenvalue weighted by atomic mass is 16.6. The summed E-state index contributed by atoms with van der Waals surface area (Å²) < 4.78 is 12.9. The van der Waals surface area contributed by atoms with Crippen molar-refractivity contribution in [3.05, 3.63) is 81.7 Å². The number of carbonyl (C=O) groups is 1. The molecule has 0 saturated carbocycles. The number of non-ortho nitro benzene ring substituents is 1. The minimum absolute atomic E-state index is 0.00304. The summed E-state index contributed by atoms with van der Waals surface area (Å²) in [6.45, 7) is 7.97.